The fourth-order valence-electron chi connectivity index (χ4n) is 2.08. The molecule has 7 heteroatoms. The number of carbonyl (C=O) groups is 1. The molecule has 122 valence electrons. The molecule has 6 nitrogen and oxygen atoms in total. The molecule has 0 aliphatic carbocycles. The van der Waals surface area contributed by atoms with Gasteiger partial charge in [-0.1, -0.05) is 17.7 Å². The van der Waals surface area contributed by atoms with Gasteiger partial charge in [0.15, 0.2) is 0 Å². The Bertz CT molecular complexity index is 850. The molecule has 24 heavy (non-hydrogen) atoms. The standard InChI is InChI=1S/C17H15ClN4O2/c1-11-13(18)5-2-6-14(11)21-16(23)15-7-8-19-17(22-15)20-10-12-4-3-9-24-12/h2-9H,10H2,1H3,(H,21,23)(H,19,20,22). The van der Waals surface area contributed by atoms with Crippen molar-refractivity contribution in [2.24, 2.45) is 0 Å². The number of halogens is 1. The van der Waals surface area contributed by atoms with Crippen molar-refractivity contribution < 1.29 is 9.21 Å². The number of furan rings is 1. The van der Waals surface area contributed by atoms with Gasteiger partial charge in [-0.3, -0.25) is 4.79 Å². The highest BCUT2D eigenvalue weighted by molar-refractivity contribution is 6.31. The zero-order chi connectivity index (χ0) is 16.9. The maximum Gasteiger partial charge on any atom is 0.274 e. The monoisotopic (exact) mass is 342 g/mol. The van der Waals surface area contributed by atoms with E-state index in [9.17, 15) is 4.79 Å². The maximum atomic E-state index is 12.4. The van der Waals surface area contributed by atoms with Crippen LogP contribution in [-0.4, -0.2) is 15.9 Å². The first kappa shape index (κ1) is 16.0. The summed E-state index contributed by atoms with van der Waals surface area (Å²) in [7, 11) is 0. The molecule has 2 N–H and O–H groups in total. The Morgan fingerprint density at radius 2 is 2.12 bits per heavy atom. The second-order valence-corrected chi connectivity index (χ2v) is 5.47. The molecule has 0 aliphatic rings. The topological polar surface area (TPSA) is 80.0 Å². The molecule has 2 aromatic heterocycles. The average Bonchev–Trinajstić information content (AvgIpc) is 3.11. The Balaban J connectivity index is 1.71. The summed E-state index contributed by atoms with van der Waals surface area (Å²) < 4.78 is 5.23. The van der Waals surface area contributed by atoms with Crippen molar-refractivity contribution in [3.8, 4) is 0 Å². The summed E-state index contributed by atoms with van der Waals surface area (Å²) in [4.78, 5) is 20.7. The Kier molecular flexibility index (Phi) is 4.77. The Morgan fingerprint density at radius 3 is 2.92 bits per heavy atom. The lowest BCUT2D eigenvalue weighted by atomic mass is 10.2. The number of carbonyl (C=O) groups excluding carboxylic acids is 1. The van der Waals surface area contributed by atoms with E-state index in [4.69, 9.17) is 16.0 Å². The SMILES string of the molecule is Cc1c(Cl)cccc1NC(=O)c1ccnc(NCc2ccco2)n1. The molecule has 0 saturated carbocycles. The van der Waals surface area contributed by atoms with E-state index in [2.05, 4.69) is 20.6 Å². The quantitative estimate of drug-likeness (QED) is 0.735. The molecule has 3 aromatic rings. The minimum absolute atomic E-state index is 0.256. The molecule has 0 spiro atoms. The van der Waals surface area contributed by atoms with Crippen LogP contribution in [0.1, 0.15) is 21.8 Å². The van der Waals surface area contributed by atoms with Crippen LogP contribution in [0.15, 0.2) is 53.3 Å². The van der Waals surface area contributed by atoms with Crippen molar-refractivity contribution in [1.29, 1.82) is 0 Å². The van der Waals surface area contributed by atoms with Crippen LogP contribution in [-0.2, 0) is 6.54 Å². The largest absolute Gasteiger partial charge is 0.467 e. The van der Waals surface area contributed by atoms with Crippen LogP contribution >= 0.6 is 11.6 Å². The lowest BCUT2D eigenvalue weighted by Crippen LogP contribution is -2.16. The van der Waals surface area contributed by atoms with E-state index < -0.39 is 0 Å². The minimum atomic E-state index is -0.330. The van der Waals surface area contributed by atoms with Crippen LogP contribution < -0.4 is 10.6 Å². The van der Waals surface area contributed by atoms with E-state index in [0.29, 0.717) is 23.2 Å². The lowest BCUT2D eigenvalue weighted by molar-refractivity contribution is 0.102. The summed E-state index contributed by atoms with van der Waals surface area (Å²) in [6.07, 6.45) is 3.12. The molecular weight excluding hydrogens is 328 g/mol. The number of nitrogens with one attached hydrogen (secondary N) is 2. The van der Waals surface area contributed by atoms with Gasteiger partial charge in [0.1, 0.15) is 11.5 Å². The molecule has 0 saturated heterocycles. The second kappa shape index (κ2) is 7.14. The normalized spacial score (nSPS) is 10.4. The van der Waals surface area contributed by atoms with Crippen LogP contribution in [0.5, 0.6) is 0 Å². The van der Waals surface area contributed by atoms with Crippen molar-refractivity contribution in [1.82, 2.24) is 9.97 Å². The van der Waals surface area contributed by atoms with Crippen LogP contribution in [0.2, 0.25) is 5.02 Å². The van der Waals surface area contributed by atoms with Crippen molar-refractivity contribution >= 4 is 29.1 Å². The molecule has 0 bridgehead atoms. The summed E-state index contributed by atoms with van der Waals surface area (Å²) in [5.74, 6) is 0.772. The zero-order valence-electron chi connectivity index (χ0n) is 12.9. The smallest absolute Gasteiger partial charge is 0.274 e. The molecule has 1 aromatic carbocycles. The summed E-state index contributed by atoms with van der Waals surface area (Å²) in [6, 6.07) is 10.5. The first-order chi connectivity index (χ1) is 11.6. The third-order valence-corrected chi connectivity index (χ3v) is 3.81. The fourth-order valence-corrected chi connectivity index (χ4v) is 2.25. The molecule has 1 amide bonds. The number of benzene rings is 1. The van der Waals surface area contributed by atoms with Gasteiger partial charge in [0.2, 0.25) is 5.95 Å². The highest BCUT2D eigenvalue weighted by Gasteiger charge is 2.11. The molecule has 3 rings (SSSR count). The van der Waals surface area contributed by atoms with Crippen molar-refractivity contribution in [2.45, 2.75) is 13.5 Å². The predicted octanol–water partition coefficient (Wildman–Crippen LogP) is 3.90. The van der Waals surface area contributed by atoms with Crippen LogP contribution in [0.4, 0.5) is 11.6 Å². The van der Waals surface area contributed by atoms with Crippen LogP contribution in [0.3, 0.4) is 0 Å². The van der Waals surface area contributed by atoms with E-state index in [1.54, 1.807) is 36.6 Å². The Morgan fingerprint density at radius 1 is 1.25 bits per heavy atom. The molecule has 0 aliphatic heterocycles. The summed E-state index contributed by atoms with van der Waals surface area (Å²) >= 11 is 6.06. The van der Waals surface area contributed by atoms with Crippen LogP contribution in [0.25, 0.3) is 0 Å². The van der Waals surface area contributed by atoms with E-state index in [0.717, 1.165) is 11.3 Å². The van der Waals surface area contributed by atoms with Gasteiger partial charge in [0.05, 0.1) is 12.8 Å². The van der Waals surface area contributed by atoms with Gasteiger partial charge in [0.25, 0.3) is 5.91 Å². The molecule has 2 heterocycles. The van der Waals surface area contributed by atoms with Crippen LogP contribution in [0, 0.1) is 6.92 Å². The number of hydrogen-bond acceptors (Lipinski definition) is 5. The zero-order valence-corrected chi connectivity index (χ0v) is 13.7. The highest BCUT2D eigenvalue weighted by Crippen LogP contribution is 2.23. The van der Waals surface area contributed by atoms with Gasteiger partial charge in [-0.15, -0.1) is 0 Å². The number of anilines is 2. The van der Waals surface area contributed by atoms with E-state index in [1.807, 2.05) is 13.0 Å². The second-order valence-electron chi connectivity index (χ2n) is 5.06. The molecule has 0 unspecified atom stereocenters. The Hall–Kier alpha value is -2.86. The first-order valence-corrected chi connectivity index (χ1v) is 7.67. The van der Waals surface area contributed by atoms with Crippen molar-refractivity contribution in [3.63, 3.8) is 0 Å². The molecule has 0 atom stereocenters. The fraction of sp³-hybridized carbons (Fsp3) is 0.118. The third kappa shape index (κ3) is 3.72. The van der Waals surface area contributed by atoms with Gasteiger partial charge in [-0.25, -0.2) is 9.97 Å². The third-order valence-electron chi connectivity index (χ3n) is 3.40. The number of aromatic nitrogens is 2. The molecular formula is C17H15ClN4O2. The summed E-state index contributed by atoms with van der Waals surface area (Å²) in [5.41, 5.74) is 1.71. The number of nitrogens with zero attached hydrogens (tertiary/aromatic N) is 2. The highest BCUT2D eigenvalue weighted by atomic mass is 35.5. The number of hydrogen-bond donors (Lipinski definition) is 2. The van der Waals surface area contributed by atoms with E-state index >= 15 is 0 Å². The van der Waals surface area contributed by atoms with Gasteiger partial charge < -0.3 is 15.1 Å². The predicted molar refractivity (Wildman–Crippen MR) is 92.2 cm³/mol. The van der Waals surface area contributed by atoms with Gasteiger partial charge >= 0.3 is 0 Å². The first-order valence-electron chi connectivity index (χ1n) is 7.29. The van der Waals surface area contributed by atoms with Gasteiger partial charge in [-0.05, 0) is 42.8 Å². The Labute approximate surface area is 143 Å². The van der Waals surface area contributed by atoms with E-state index in [1.165, 1.54) is 6.20 Å². The minimum Gasteiger partial charge on any atom is -0.467 e. The van der Waals surface area contributed by atoms with Crippen molar-refractivity contribution in [3.05, 3.63) is 70.9 Å². The maximum absolute atomic E-state index is 12.4. The van der Waals surface area contributed by atoms with Crippen molar-refractivity contribution in [2.75, 3.05) is 10.6 Å². The number of rotatable bonds is 5. The van der Waals surface area contributed by atoms with Gasteiger partial charge in [0, 0.05) is 16.9 Å². The summed E-state index contributed by atoms with van der Waals surface area (Å²) in [6.45, 7) is 2.28. The number of amides is 1. The van der Waals surface area contributed by atoms with E-state index in [-0.39, 0.29) is 11.6 Å². The molecule has 0 fully saturated rings. The van der Waals surface area contributed by atoms with Gasteiger partial charge in [-0.2, -0.15) is 0 Å². The lowest BCUT2D eigenvalue weighted by Gasteiger charge is -2.09. The average molecular weight is 343 g/mol. The summed E-state index contributed by atoms with van der Waals surface area (Å²) in [5, 5.41) is 6.41. The molecule has 0 radical (unpaired) electrons.